The second-order valence-corrected chi connectivity index (χ2v) is 25.8. The molecule has 0 unspecified atom stereocenters. The van der Waals surface area contributed by atoms with Gasteiger partial charge in [-0.25, -0.2) is 4.79 Å². The lowest BCUT2D eigenvalue weighted by molar-refractivity contribution is 0.0109. The summed E-state index contributed by atoms with van der Waals surface area (Å²) < 4.78 is 25.7. The summed E-state index contributed by atoms with van der Waals surface area (Å²) in [6.07, 6.45) is 2.75. The van der Waals surface area contributed by atoms with Crippen LogP contribution in [0, 0.1) is 23.7 Å². The zero-order valence-electron chi connectivity index (χ0n) is 34.8. The Morgan fingerprint density at radius 2 is 1.39 bits per heavy atom. The van der Waals surface area contributed by atoms with E-state index in [9.17, 15) is 9.90 Å². The predicted octanol–water partition coefficient (Wildman–Crippen LogP) is 11.0. The van der Waals surface area contributed by atoms with E-state index < -0.39 is 34.9 Å². The maximum atomic E-state index is 12.9. The largest absolute Gasteiger partial charge is 0.418 e. The van der Waals surface area contributed by atoms with Gasteiger partial charge in [0.05, 0.1) is 25.6 Å². The molecular weight excluding hydrogens is 671 g/mol. The second kappa shape index (κ2) is 23.7. The summed E-state index contributed by atoms with van der Waals surface area (Å²) >= 11 is 0. The lowest BCUT2D eigenvalue weighted by atomic mass is 9.85. The molecule has 1 N–H and O–H groups in total. The molecule has 0 aliphatic rings. The van der Waals surface area contributed by atoms with E-state index in [0.29, 0.717) is 49.3 Å². The fraction of sp³-hybridized carbons (Fsp3) is 0.738. The lowest BCUT2D eigenvalue weighted by Gasteiger charge is -2.43. The van der Waals surface area contributed by atoms with Crippen molar-refractivity contribution in [2.75, 3.05) is 13.2 Å². The zero-order valence-corrected chi connectivity index (χ0v) is 36.8. The Morgan fingerprint density at radius 1 is 0.843 bits per heavy atom. The summed E-state index contributed by atoms with van der Waals surface area (Å²) in [5, 5.41) is 12.1. The second-order valence-electron chi connectivity index (χ2n) is 15.7. The highest BCUT2D eigenvalue weighted by Gasteiger charge is 2.45. The molecule has 292 valence electrons. The van der Waals surface area contributed by atoms with Crippen molar-refractivity contribution >= 4 is 22.7 Å². The Bertz CT molecular complexity index is 1150. The van der Waals surface area contributed by atoms with Crippen molar-refractivity contribution < 1.29 is 28.2 Å². The van der Waals surface area contributed by atoms with E-state index >= 15 is 0 Å². The van der Waals surface area contributed by atoms with Crippen LogP contribution in [0.15, 0.2) is 42.7 Å². The molecule has 1 amide bonds. The Morgan fingerprint density at radius 3 is 1.88 bits per heavy atom. The quantitative estimate of drug-likeness (QED) is 0.0520. The van der Waals surface area contributed by atoms with Gasteiger partial charge in [-0.05, 0) is 80.5 Å². The molecule has 1 rings (SSSR count). The standard InChI is InChI=1S/C42H75NO6Si2/c1-15-50(16-2,17-3)49-40(25-21-22-28-46-31-38-23-19-18-20-24-38)39(27-30-48-51(34(8)9,35(10)11)36(12)13)41(44)37(14)26-29-47-42(45)43(32(4)5)33(6)7/h18-20,23-24,26,29,32-37,39-41,44H,15-17,22,27-28,30-31H2,1-14H3/b29-26-/t37-,39-,40-,41-/m0/s1. The molecule has 0 aromatic heterocycles. The summed E-state index contributed by atoms with van der Waals surface area (Å²) in [7, 11) is -4.25. The van der Waals surface area contributed by atoms with Crippen LogP contribution < -0.4 is 0 Å². The number of carbonyl (C=O) groups is 1. The number of hydrogen-bond donors (Lipinski definition) is 1. The van der Waals surface area contributed by atoms with Crippen molar-refractivity contribution in [3.8, 4) is 11.8 Å². The number of carbonyl (C=O) groups excluding carboxylic acids is 1. The van der Waals surface area contributed by atoms with Crippen molar-refractivity contribution in [3.63, 3.8) is 0 Å². The highest BCUT2D eigenvalue weighted by Crippen LogP contribution is 2.42. The number of ether oxygens (including phenoxy) is 2. The molecule has 0 radical (unpaired) electrons. The van der Waals surface area contributed by atoms with Crippen LogP contribution in [-0.4, -0.2) is 70.2 Å². The van der Waals surface area contributed by atoms with Gasteiger partial charge in [0.25, 0.3) is 0 Å². The highest BCUT2D eigenvalue weighted by atomic mass is 28.4. The van der Waals surface area contributed by atoms with E-state index in [0.717, 1.165) is 23.7 Å². The first kappa shape index (κ1) is 47.1. The Labute approximate surface area is 315 Å². The van der Waals surface area contributed by atoms with Gasteiger partial charge in [0, 0.05) is 36.9 Å². The van der Waals surface area contributed by atoms with Gasteiger partial charge < -0.3 is 28.3 Å². The predicted molar refractivity (Wildman–Crippen MR) is 219 cm³/mol. The van der Waals surface area contributed by atoms with Crippen LogP contribution in [-0.2, 0) is 24.9 Å². The highest BCUT2D eigenvalue weighted by molar-refractivity contribution is 6.77. The summed E-state index contributed by atoms with van der Waals surface area (Å²) in [6, 6.07) is 13.1. The zero-order chi connectivity index (χ0) is 38.8. The van der Waals surface area contributed by atoms with Gasteiger partial charge >= 0.3 is 6.09 Å². The molecule has 9 heteroatoms. The molecule has 0 heterocycles. The van der Waals surface area contributed by atoms with Gasteiger partial charge in [-0.1, -0.05) is 111 Å². The first-order valence-corrected chi connectivity index (χ1v) is 24.5. The molecule has 0 saturated carbocycles. The molecule has 51 heavy (non-hydrogen) atoms. The van der Waals surface area contributed by atoms with Crippen LogP contribution in [0.1, 0.15) is 115 Å². The average molecular weight is 746 g/mol. The first-order chi connectivity index (χ1) is 24.0. The van der Waals surface area contributed by atoms with Gasteiger partial charge in [-0.2, -0.15) is 0 Å². The molecular formula is C42H75NO6Si2. The smallest absolute Gasteiger partial charge is 0.415 e. The van der Waals surface area contributed by atoms with Crippen LogP contribution in [0.25, 0.3) is 0 Å². The Kier molecular flexibility index (Phi) is 21.9. The molecule has 1 aromatic rings. The Balaban J connectivity index is 3.46. The van der Waals surface area contributed by atoms with Gasteiger partial charge in [-0.3, -0.25) is 0 Å². The topological polar surface area (TPSA) is 77.5 Å². The van der Waals surface area contributed by atoms with Gasteiger partial charge in [0.1, 0.15) is 6.10 Å². The van der Waals surface area contributed by atoms with Crippen LogP contribution in [0.5, 0.6) is 0 Å². The molecule has 0 saturated heterocycles. The number of benzene rings is 1. The van der Waals surface area contributed by atoms with E-state index in [1.54, 1.807) is 11.0 Å². The van der Waals surface area contributed by atoms with Gasteiger partial charge in [-0.15, -0.1) is 0 Å². The van der Waals surface area contributed by atoms with Crippen LogP contribution >= 0.6 is 0 Å². The molecule has 0 spiro atoms. The molecule has 0 aliphatic heterocycles. The summed E-state index contributed by atoms with van der Waals surface area (Å²) in [5.74, 6) is 6.26. The van der Waals surface area contributed by atoms with E-state index in [4.69, 9.17) is 18.3 Å². The number of amides is 1. The number of hydrogen-bond acceptors (Lipinski definition) is 6. The minimum Gasteiger partial charge on any atom is -0.418 e. The van der Waals surface area contributed by atoms with Crippen molar-refractivity contribution in [2.45, 2.75) is 175 Å². The molecule has 0 fully saturated rings. The van der Waals surface area contributed by atoms with E-state index in [1.165, 1.54) is 6.26 Å². The van der Waals surface area contributed by atoms with E-state index in [2.05, 4.69) is 86.3 Å². The SMILES string of the molecule is CC[Si](CC)(CC)O[C@@H](C#CCCOCc1ccccc1)[C@H](CCO[Si](C(C)C)(C(C)C)C(C)C)[C@@H](O)[C@@H](C)/C=C\OC(=O)N(C(C)C)C(C)C. The monoisotopic (exact) mass is 746 g/mol. The summed E-state index contributed by atoms with van der Waals surface area (Å²) in [4.78, 5) is 14.6. The molecule has 7 nitrogen and oxygen atoms in total. The third kappa shape index (κ3) is 14.4. The maximum Gasteiger partial charge on any atom is 0.415 e. The minimum atomic E-state index is -2.13. The van der Waals surface area contributed by atoms with Crippen molar-refractivity contribution in [1.29, 1.82) is 0 Å². The summed E-state index contributed by atoms with van der Waals surface area (Å²) in [5.41, 5.74) is 2.50. The molecule has 1 aromatic carbocycles. The van der Waals surface area contributed by atoms with E-state index in [-0.39, 0.29) is 23.9 Å². The maximum absolute atomic E-state index is 12.9. The number of nitrogens with zero attached hydrogens (tertiary/aromatic N) is 1. The average Bonchev–Trinajstić information content (AvgIpc) is 3.07. The lowest BCUT2D eigenvalue weighted by Crippen LogP contribution is -2.49. The van der Waals surface area contributed by atoms with E-state index in [1.807, 2.05) is 52.8 Å². The molecule has 4 atom stereocenters. The third-order valence-electron chi connectivity index (χ3n) is 10.8. The van der Waals surface area contributed by atoms with Gasteiger partial charge in [0.2, 0.25) is 0 Å². The third-order valence-corrected chi connectivity index (χ3v) is 21.5. The Hall–Kier alpha value is -1.94. The normalized spacial score (nSPS) is 15.1. The molecule has 0 bridgehead atoms. The van der Waals surface area contributed by atoms with Crippen LogP contribution in [0.4, 0.5) is 4.79 Å². The fourth-order valence-electron chi connectivity index (χ4n) is 7.73. The van der Waals surface area contributed by atoms with Crippen LogP contribution in [0.3, 0.4) is 0 Å². The van der Waals surface area contributed by atoms with Crippen molar-refractivity contribution in [1.82, 2.24) is 4.90 Å². The fourth-order valence-corrected chi connectivity index (χ4v) is 16.0. The number of aliphatic hydroxyl groups is 1. The minimum absolute atomic E-state index is 0.0110. The van der Waals surface area contributed by atoms with Gasteiger partial charge in [0.15, 0.2) is 16.6 Å². The molecule has 0 aliphatic carbocycles. The van der Waals surface area contributed by atoms with Crippen molar-refractivity contribution in [3.05, 3.63) is 48.2 Å². The number of rotatable bonds is 23. The van der Waals surface area contributed by atoms with Crippen LogP contribution in [0.2, 0.25) is 34.8 Å². The van der Waals surface area contributed by atoms with Crippen molar-refractivity contribution in [2.24, 2.45) is 11.8 Å². The summed E-state index contributed by atoms with van der Waals surface area (Å²) in [6.45, 7) is 31.9. The first-order valence-electron chi connectivity index (χ1n) is 19.8. The number of aliphatic hydroxyl groups excluding tert-OH is 1.